The lowest BCUT2D eigenvalue weighted by Crippen LogP contribution is -2.20. The van der Waals surface area contributed by atoms with Crippen LogP contribution in [-0.4, -0.2) is 18.7 Å². The van der Waals surface area contributed by atoms with Gasteiger partial charge in [0.25, 0.3) is 0 Å². The molecule has 0 amide bonds. The van der Waals surface area contributed by atoms with Crippen LogP contribution in [0.5, 0.6) is 0 Å². The van der Waals surface area contributed by atoms with Crippen LogP contribution in [0.2, 0.25) is 0 Å². The maximum atomic E-state index is 9.01. The van der Waals surface area contributed by atoms with E-state index < -0.39 is 0 Å². The molecule has 0 saturated heterocycles. The van der Waals surface area contributed by atoms with Crippen LogP contribution in [0.3, 0.4) is 0 Å². The summed E-state index contributed by atoms with van der Waals surface area (Å²) in [6, 6.07) is 6.03. The molecule has 3 heteroatoms. The van der Waals surface area contributed by atoms with Gasteiger partial charge in [0.1, 0.15) is 0 Å². The molecular formula is C12H16BrNO. The van der Waals surface area contributed by atoms with Crippen molar-refractivity contribution in [2.75, 3.05) is 18.5 Å². The molecule has 1 fully saturated rings. The molecule has 15 heavy (non-hydrogen) atoms. The monoisotopic (exact) mass is 269 g/mol. The molecule has 0 unspecified atom stereocenters. The number of benzene rings is 1. The maximum absolute atomic E-state index is 9.01. The van der Waals surface area contributed by atoms with Crippen LogP contribution in [0.4, 0.5) is 5.69 Å². The number of aliphatic hydroxyl groups is 1. The summed E-state index contributed by atoms with van der Waals surface area (Å²) in [5.74, 6) is 0.888. The Morgan fingerprint density at radius 3 is 2.73 bits per heavy atom. The Morgan fingerprint density at radius 1 is 1.47 bits per heavy atom. The highest BCUT2D eigenvalue weighted by molar-refractivity contribution is 9.10. The summed E-state index contributed by atoms with van der Waals surface area (Å²) in [5, 5.41) is 9.01. The summed E-state index contributed by atoms with van der Waals surface area (Å²) in [5.41, 5.74) is 2.16. The highest BCUT2D eigenvalue weighted by Crippen LogP contribution is 2.33. The zero-order valence-electron chi connectivity index (χ0n) is 8.91. The lowest BCUT2D eigenvalue weighted by atomic mass is 10.2. The molecule has 0 spiro atoms. The van der Waals surface area contributed by atoms with Gasteiger partial charge in [0, 0.05) is 18.1 Å². The van der Waals surface area contributed by atoms with Crippen molar-refractivity contribution >= 4 is 21.6 Å². The van der Waals surface area contributed by atoms with Crippen LogP contribution >= 0.6 is 15.9 Å². The lowest BCUT2D eigenvalue weighted by molar-refractivity contribution is 0.282. The first-order valence-corrected chi connectivity index (χ1v) is 6.10. The Kier molecular flexibility index (Phi) is 3.32. The fourth-order valence-electron chi connectivity index (χ4n) is 1.74. The summed E-state index contributed by atoms with van der Waals surface area (Å²) in [7, 11) is 2.12. The molecule has 1 aliphatic rings. The predicted octanol–water partition coefficient (Wildman–Crippen LogP) is 2.79. The van der Waals surface area contributed by atoms with E-state index in [2.05, 4.69) is 33.9 Å². The van der Waals surface area contributed by atoms with Gasteiger partial charge in [0.15, 0.2) is 0 Å². The second-order valence-corrected chi connectivity index (χ2v) is 5.12. The van der Waals surface area contributed by atoms with E-state index in [1.165, 1.54) is 18.5 Å². The first kappa shape index (κ1) is 11.0. The fourth-order valence-corrected chi connectivity index (χ4v) is 2.47. The molecule has 0 radical (unpaired) electrons. The van der Waals surface area contributed by atoms with Crippen LogP contribution in [-0.2, 0) is 6.61 Å². The third kappa shape index (κ3) is 2.73. The van der Waals surface area contributed by atoms with Crippen molar-refractivity contribution in [2.45, 2.75) is 19.4 Å². The van der Waals surface area contributed by atoms with Gasteiger partial charge in [-0.25, -0.2) is 0 Å². The average molecular weight is 270 g/mol. The number of halogens is 1. The van der Waals surface area contributed by atoms with Crippen molar-refractivity contribution < 1.29 is 5.11 Å². The molecule has 2 nitrogen and oxygen atoms in total. The van der Waals surface area contributed by atoms with Gasteiger partial charge in [-0.2, -0.15) is 0 Å². The van der Waals surface area contributed by atoms with Crippen LogP contribution in [0.25, 0.3) is 0 Å². The number of hydrogen-bond acceptors (Lipinski definition) is 2. The Hall–Kier alpha value is -0.540. The summed E-state index contributed by atoms with van der Waals surface area (Å²) in [4.78, 5) is 2.28. The highest BCUT2D eigenvalue weighted by atomic mass is 79.9. The van der Waals surface area contributed by atoms with Gasteiger partial charge in [0.2, 0.25) is 0 Å². The zero-order chi connectivity index (χ0) is 10.8. The Balaban J connectivity index is 2.11. The van der Waals surface area contributed by atoms with Crippen molar-refractivity contribution in [3.05, 3.63) is 28.2 Å². The lowest BCUT2D eigenvalue weighted by Gasteiger charge is -2.20. The molecule has 0 atom stereocenters. The molecule has 1 aromatic rings. The second kappa shape index (κ2) is 4.54. The third-order valence-corrected chi connectivity index (χ3v) is 3.47. The molecular weight excluding hydrogens is 254 g/mol. The normalized spacial score (nSPS) is 15.4. The van der Waals surface area contributed by atoms with Gasteiger partial charge in [0.05, 0.1) is 12.3 Å². The summed E-state index contributed by atoms with van der Waals surface area (Å²) in [6.07, 6.45) is 2.74. The van der Waals surface area contributed by atoms with E-state index in [9.17, 15) is 0 Å². The molecule has 0 bridgehead atoms. The van der Waals surface area contributed by atoms with Crippen LogP contribution in [0.15, 0.2) is 22.7 Å². The molecule has 1 N–H and O–H groups in total. The SMILES string of the molecule is CN(CC1CC1)c1ccc(CO)cc1Br. The number of rotatable bonds is 4. The molecule has 82 valence electrons. The smallest absolute Gasteiger partial charge is 0.0682 e. The quantitative estimate of drug-likeness (QED) is 0.909. The van der Waals surface area contributed by atoms with E-state index in [4.69, 9.17) is 5.11 Å². The van der Waals surface area contributed by atoms with Gasteiger partial charge < -0.3 is 10.0 Å². The third-order valence-electron chi connectivity index (χ3n) is 2.83. The van der Waals surface area contributed by atoms with Crippen molar-refractivity contribution in [2.24, 2.45) is 5.92 Å². The summed E-state index contributed by atoms with van der Waals surface area (Å²) >= 11 is 3.55. The minimum Gasteiger partial charge on any atom is -0.392 e. The standard InChI is InChI=1S/C12H16BrNO/c1-14(7-9-2-3-9)12-5-4-10(8-15)6-11(12)13/h4-6,9,15H,2-3,7-8H2,1H3. The molecule has 1 aliphatic carbocycles. The van der Waals surface area contributed by atoms with E-state index in [-0.39, 0.29) is 6.61 Å². The Bertz CT molecular complexity index is 349. The molecule has 1 saturated carbocycles. The van der Waals surface area contributed by atoms with Crippen molar-refractivity contribution in [3.63, 3.8) is 0 Å². The van der Waals surface area contributed by atoms with Crippen molar-refractivity contribution in [1.82, 2.24) is 0 Å². The number of nitrogens with zero attached hydrogens (tertiary/aromatic N) is 1. The topological polar surface area (TPSA) is 23.5 Å². The molecule has 0 heterocycles. The largest absolute Gasteiger partial charge is 0.392 e. The highest BCUT2D eigenvalue weighted by Gasteiger charge is 2.23. The van der Waals surface area contributed by atoms with E-state index in [1.54, 1.807) is 0 Å². The first-order valence-electron chi connectivity index (χ1n) is 5.31. The summed E-state index contributed by atoms with van der Waals surface area (Å²) in [6.45, 7) is 1.24. The number of aliphatic hydroxyl groups excluding tert-OH is 1. The van der Waals surface area contributed by atoms with E-state index in [1.807, 2.05) is 12.1 Å². The van der Waals surface area contributed by atoms with Gasteiger partial charge in [-0.05, 0) is 52.4 Å². The summed E-state index contributed by atoms with van der Waals surface area (Å²) < 4.78 is 1.07. The van der Waals surface area contributed by atoms with Crippen molar-refractivity contribution in [3.8, 4) is 0 Å². The van der Waals surface area contributed by atoms with Gasteiger partial charge in [-0.1, -0.05) is 6.07 Å². The van der Waals surface area contributed by atoms with Crippen LogP contribution in [0.1, 0.15) is 18.4 Å². The van der Waals surface area contributed by atoms with Crippen LogP contribution in [0, 0.1) is 5.92 Å². The maximum Gasteiger partial charge on any atom is 0.0682 e. The average Bonchev–Trinajstić information content (AvgIpc) is 3.01. The van der Waals surface area contributed by atoms with Crippen molar-refractivity contribution in [1.29, 1.82) is 0 Å². The predicted molar refractivity (Wildman–Crippen MR) is 66.1 cm³/mol. The molecule has 0 aliphatic heterocycles. The number of anilines is 1. The van der Waals surface area contributed by atoms with E-state index in [0.29, 0.717) is 0 Å². The van der Waals surface area contributed by atoms with E-state index >= 15 is 0 Å². The van der Waals surface area contributed by atoms with Gasteiger partial charge in [-0.3, -0.25) is 0 Å². The minimum atomic E-state index is 0.102. The van der Waals surface area contributed by atoms with Gasteiger partial charge >= 0.3 is 0 Å². The van der Waals surface area contributed by atoms with Crippen LogP contribution < -0.4 is 4.90 Å². The molecule has 1 aromatic carbocycles. The van der Waals surface area contributed by atoms with E-state index in [0.717, 1.165) is 22.5 Å². The van der Waals surface area contributed by atoms with Gasteiger partial charge in [-0.15, -0.1) is 0 Å². The molecule has 2 rings (SSSR count). The number of hydrogen-bond donors (Lipinski definition) is 1. The zero-order valence-corrected chi connectivity index (χ0v) is 10.5. The fraction of sp³-hybridized carbons (Fsp3) is 0.500. The minimum absolute atomic E-state index is 0.102. The Labute approximate surface area is 99.0 Å². The molecule has 0 aromatic heterocycles. The second-order valence-electron chi connectivity index (χ2n) is 4.27. The first-order chi connectivity index (χ1) is 7.20. The Morgan fingerprint density at radius 2 is 2.20 bits per heavy atom.